The summed E-state index contributed by atoms with van der Waals surface area (Å²) in [6.45, 7) is 0.430. The van der Waals surface area contributed by atoms with E-state index in [0.717, 1.165) is 33.7 Å². The molecule has 128 valence electrons. The molecule has 26 heavy (non-hydrogen) atoms. The molecule has 5 nitrogen and oxygen atoms in total. The van der Waals surface area contributed by atoms with E-state index in [4.69, 9.17) is 16.3 Å². The lowest BCUT2D eigenvalue weighted by Gasteiger charge is -2.10. The molecule has 4 rings (SSSR count). The number of ether oxygens (including phenoxy) is 1. The van der Waals surface area contributed by atoms with Gasteiger partial charge in [-0.05, 0) is 53.9 Å². The topological polar surface area (TPSA) is 59.9 Å². The summed E-state index contributed by atoms with van der Waals surface area (Å²) in [4.78, 5) is 12.8. The van der Waals surface area contributed by atoms with Gasteiger partial charge in [-0.25, -0.2) is 9.97 Å². The van der Waals surface area contributed by atoms with Gasteiger partial charge < -0.3 is 10.1 Å². The second-order valence-corrected chi connectivity index (χ2v) is 6.03. The molecule has 0 fully saturated rings. The number of nitrogens with zero attached hydrogens (tertiary/aromatic N) is 3. The first-order valence-corrected chi connectivity index (χ1v) is 8.46. The number of pyridine rings is 3. The van der Waals surface area contributed by atoms with Crippen LogP contribution in [0.2, 0.25) is 5.15 Å². The quantitative estimate of drug-likeness (QED) is 0.506. The molecule has 3 heterocycles. The highest BCUT2D eigenvalue weighted by Crippen LogP contribution is 2.28. The smallest absolute Gasteiger partial charge is 0.138 e. The maximum atomic E-state index is 5.84. The van der Waals surface area contributed by atoms with Gasteiger partial charge in [0.15, 0.2) is 0 Å². The molecule has 0 atom stereocenters. The van der Waals surface area contributed by atoms with Crippen LogP contribution in [-0.4, -0.2) is 15.0 Å². The zero-order valence-corrected chi connectivity index (χ0v) is 14.5. The molecule has 0 saturated heterocycles. The molecule has 3 aromatic heterocycles. The second kappa shape index (κ2) is 7.37. The van der Waals surface area contributed by atoms with Gasteiger partial charge in [-0.2, -0.15) is 0 Å². The molecule has 0 aliphatic heterocycles. The Labute approximate surface area is 155 Å². The fourth-order valence-corrected chi connectivity index (χ4v) is 2.68. The van der Waals surface area contributed by atoms with E-state index in [0.29, 0.717) is 11.8 Å². The molecule has 0 amide bonds. The molecule has 0 aliphatic carbocycles. The van der Waals surface area contributed by atoms with Gasteiger partial charge in [0.2, 0.25) is 0 Å². The molecule has 0 spiro atoms. The van der Waals surface area contributed by atoms with E-state index < -0.39 is 0 Å². The van der Waals surface area contributed by atoms with Crippen molar-refractivity contribution in [1.29, 1.82) is 0 Å². The monoisotopic (exact) mass is 362 g/mol. The van der Waals surface area contributed by atoms with Crippen LogP contribution in [-0.2, 0) is 6.61 Å². The lowest BCUT2D eigenvalue weighted by atomic mass is 10.1. The first-order chi connectivity index (χ1) is 12.8. The Balaban J connectivity index is 1.56. The van der Waals surface area contributed by atoms with Gasteiger partial charge in [-0.3, -0.25) is 4.98 Å². The molecule has 0 saturated carbocycles. The van der Waals surface area contributed by atoms with E-state index >= 15 is 0 Å². The van der Waals surface area contributed by atoms with Crippen molar-refractivity contribution in [2.75, 3.05) is 5.32 Å². The van der Waals surface area contributed by atoms with Crippen LogP contribution in [0.1, 0.15) is 5.69 Å². The number of fused-ring (bicyclic) bond motifs is 1. The number of hydrogen-bond donors (Lipinski definition) is 1. The molecular weight excluding hydrogens is 348 g/mol. The van der Waals surface area contributed by atoms with E-state index in [9.17, 15) is 0 Å². The number of aromatic nitrogens is 3. The summed E-state index contributed by atoms with van der Waals surface area (Å²) in [6.07, 6.45) is 5.19. The Kier molecular flexibility index (Phi) is 4.62. The summed E-state index contributed by atoms with van der Waals surface area (Å²) in [5.74, 6) is 1.54. The number of hydrogen-bond acceptors (Lipinski definition) is 5. The van der Waals surface area contributed by atoms with Gasteiger partial charge in [-0.15, -0.1) is 0 Å². The number of rotatable bonds is 5. The van der Waals surface area contributed by atoms with E-state index in [1.807, 2.05) is 48.5 Å². The summed E-state index contributed by atoms with van der Waals surface area (Å²) in [7, 11) is 0. The van der Waals surface area contributed by atoms with Crippen LogP contribution in [0.5, 0.6) is 5.75 Å². The zero-order valence-electron chi connectivity index (χ0n) is 13.8. The minimum atomic E-state index is 0.430. The molecule has 1 aromatic carbocycles. The van der Waals surface area contributed by atoms with Crippen molar-refractivity contribution >= 4 is 33.9 Å². The molecular formula is C20H15ClN4O. The van der Waals surface area contributed by atoms with Crippen LogP contribution in [0, 0.1) is 0 Å². The van der Waals surface area contributed by atoms with Gasteiger partial charge >= 0.3 is 0 Å². The van der Waals surface area contributed by atoms with E-state index in [-0.39, 0.29) is 0 Å². The lowest BCUT2D eigenvalue weighted by Crippen LogP contribution is -1.98. The largest absolute Gasteiger partial charge is 0.487 e. The van der Waals surface area contributed by atoms with E-state index in [2.05, 4.69) is 20.3 Å². The third kappa shape index (κ3) is 3.73. The minimum Gasteiger partial charge on any atom is -0.487 e. The fraction of sp³-hybridized carbons (Fsp3) is 0.0500. The van der Waals surface area contributed by atoms with Crippen LogP contribution in [0.15, 0.2) is 73.2 Å². The average Bonchev–Trinajstić information content (AvgIpc) is 2.69. The van der Waals surface area contributed by atoms with E-state index in [1.54, 1.807) is 24.7 Å². The maximum Gasteiger partial charge on any atom is 0.138 e. The number of benzene rings is 1. The summed E-state index contributed by atoms with van der Waals surface area (Å²) in [5.41, 5.74) is 1.71. The van der Waals surface area contributed by atoms with Crippen molar-refractivity contribution < 1.29 is 4.74 Å². The number of anilines is 2. The standard InChI is InChI=1S/C20H15ClN4O/c21-19-7-4-15(12-24-19)25-20-18-6-5-17(11-14(18)8-10-23-20)26-13-16-3-1-2-9-22-16/h1-12H,13H2,(H,23,25). The van der Waals surface area contributed by atoms with Crippen LogP contribution >= 0.6 is 11.6 Å². The first kappa shape index (κ1) is 16.3. The summed E-state index contributed by atoms with van der Waals surface area (Å²) in [6, 6.07) is 17.2. The number of nitrogens with one attached hydrogen (secondary N) is 1. The third-order valence-electron chi connectivity index (χ3n) is 3.84. The highest BCUT2D eigenvalue weighted by Gasteiger charge is 2.05. The molecule has 4 aromatic rings. The van der Waals surface area contributed by atoms with Crippen LogP contribution < -0.4 is 10.1 Å². The Morgan fingerprint density at radius 3 is 2.69 bits per heavy atom. The Morgan fingerprint density at radius 2 is 1.88 bits per heavy atom. The normalized spacial score (nSPS) is 10.7. The molecule has 0 bridgehead atoms. The highest BCUT2D eigenvalue weighted by atomic mass is 35.5. The third-order valence-corrected chi connectivity index (χ3v) is 4.06. The molecule has 0 aliphatic rings. The summed E-state index contributed by atoms with van der Waals surface area (Å²) >= 11 is 5.83. The highest BCUT2D eigenvalue weighted by molar-refractivity contribution is 6.29. The van der Waals surface area contributed by atoms with Gasteiger partial charge in [-0.1, -0.05) is 17.7 Å². The Bertz CT molecular complexity index is 1020. The molecule has 0 radical (unpaired) electrons. The van der Waals surface area contributed by atoms with Gasteiger partial charge in [0, 0.05) is 17.8 Å². The first-order valence-electron chi connectivity index (χ1n) is 8.08. The van der Waals surface area contributed by atoms with Crippen LogP contribution in [0.4, 0.5) is 11.5 Å². The van der Waals surface area contributed by atoms with Crippen molar-refractivity contribution in [3.8, 4) is 5.75 Å². The predicted molar refractivity (Wildman–Crippen MR) is 103 cm³/mol. The molecule has 1 N–H and O–H groups in total. The molecule has 6 heteroatoms. The minimum absolute atomic E-state index is 0.430. The van der Waals surface area contributed by atoms with Gasteiger partial charge in [0.05, 0.1) is 17.6 Å². The van der Waals surface area contributed by atoms with Crippen LogP contribution in [0.3, 0.4) is 0 Å². The van der Waals surface area contributed by atoms with Crippen molar-refractivity contribution in [2.24, 2.45) is 0 Å². The summed E-state index contributed by atoms with van der Waals surface area (Å²) < 4.78 is 5.84. The maximum absolute atomic E-state index is 5.84. The van der Waals surface area contributed by atoms with Crippen molar-refractivity contribution in [2.45, 2.75) is 6.61 Å². The van der Waals surface area contributed by atoms with Crippen molar-refractivity contribution in [1.82, 2.24) is 15.0 Å². The Hall–Kier alpha value is -3.18. The van der Waals surface area contributed by atoms with Gasteiger partial charge in [0.25, 0.3) is 0 Å². The van der Waals surface area contributed by atoms with E-state index in [1.165, 1.54) is 0 Å². The van der Waals surface area contributed by atoms with Crippen molar-refractivity contribution in [3.63, 3.8) is 0 Å². The zero-order chi connectivity index (χ0) is 17.8. The SMILES string of the molecule is Clc1ccc(Nc2nccc3cc(OCc4ccccn4)ccc23)cn1. The average molecular weight is 363 g/mol. The second-order valence-electron chi connectivity index (χ2n) is 5.65. The van der Waals surface area contributed by atoms with Crippen LogP contribution in [0.25, 0.3) is 10.8 Å². The predicted octanol–water partition coefficient (Wildman–Crippen LogP) is 5.00. The van der Waals surface area contributed by atoms with Gasteiger partial charge in [0.1, 0.15) is 23.3 Å². The molecule has 0 unspecified atom stereocenters. The summed E-state index contributed by atoms with van der Waals surface area (Å²) in [5, 5.41) is 5.75. The number of halogens is 1. The Morgan fingerprint density at radius 1 is 0.923 bits per heavy atom. The lowest BCUT2D eigenvalue weighted by molar-refractivity contribution is 0.302. The van der Waals surface area contributed by atoms with Crippen molar-refractivity contribution in [3.05, 3.63) is 84.0 Å². The fourth-order valence-electron chi connectivity index (χ4n) is 2.57.